The number of aromatic hydroxyl groups is 1. The van der Waals surface area contributed by atoms with Gasteiger partial charge in [-0.1, -0.05) is 25.1 Å². The van der Waals surface area contributed by atoms with Crippen LogP contribution in [-0.4, -0.2) is 43.4 Å². The molecule has 0 aromatic heterocycles. The van der Waals surface area contributed by atoms with Crippen molar-refractivity contribution in [1.82, 2.24) is 5.32 Å². The van der Waals surface area contributed by atoms with E-state index in [4.69, 9.17) is 9.88 Å². The van der Waals surface area contributed by atoms with Crippen molar-refractivity contribution < 1.29 is 28.2 Å². The number of esters is 1. The number of ether oxygens (including phenoxy) is 1. The SMILES string of the molecule is CC12CCC3c4ccc(O)cc4CCC3C1CC(O)C2OC(=O)CNCc1ccc(S(N)(=O)=O)cc1. The van der Waals surface area contributed by atoms with E-state index in [-0.39, 0.29) is 22.8 Å². The van der Waals surface area contributed by atoms with Crippen LogP contribution in [0.5, 0.6) is 5.75 Å². The normalized spacial score (nSPS) is 31.2. The molecule has 6 atom stereocenters. The van der Waals surface area contributed by atoms with Crippen LogP contribution < -0.4 is 10.5 Å². The first-order valence-corrected chi connectivity index (χ1v) is 14.1. The van der Waals surface area contributed by atoms with Gasteiger partial charge in [-0.3, -0.25) is 4.79 Å². The van der Waals surface area contributed by atoms with Crippen LogP contribution in [0.4, 0.5) is 0 Å². The molecular formula is C27H34N2O6S. The molecule has 0 saturated heterocycles. The predicted octanol–water partition coefficient (Wildman–Crippen LogP) is 2.57. The van der Waals surface area contributed by atoms with Gasteiger partial charge in [0.1, 0.15) is 11.9 Å². The number of nitrogens with two attached hydrogens (primary N) is 1. The first-order valence-electron chi connectivity index (χ1n) is 12.6. The molecule has 0 aliphatic heterocycles. The second-order valence-electron chi connectivity index (χ2n) is 10.8. The number of rotatable bonds is 6. The van der Waals surface area contributed by atoms with Crippen molar-refractivity contribution >= 4 is 16.0 Å². The van der Waals surface area contributed by atoms with E-state index >= 15 is 0 Å². The van der Waals surface area contributed by atoms with Gasteiger partial charge in [-0.05, 0) is 90.8 Å². The number of benzene rings is 2. The minimum atomic E-state index is -3.74. The van der Waals surface area contributed by atoms with Gasteiger partial charge in [0.15, 0.2) is 0 Å². The highest BCUT2D eigenvalue weighted by molar-refractivity contribution is 7.89. The van der Waals surface area contributed by atoms with Gasteiger partial charge in [0, 0.05) is 12.0 Å². The second-order valence-corrected chi connectivity index (χ2v) is 12.4. The van der Waals surface area contributed by atoms with Crippen LogP contribution in [0.2, 0.25) is 0 Å². The van der Waals surface area contributed by atoms with Crippen LogP contribution in [0.15, 0.2) is 47.4 Å². The Balaban J connectivity index is 1.20. The lowest BCUT2D eigenvalue weighted by atomic mass is 9.55. The van der Waals surface area contributed by atoms with Crippen LogP contribution in [0.1, 0.15) is 55.2 Å². The topological polar surface area (TPSA) is 139 Å². The zero-order valence-electron chi connectivity index (χ0n) is 20.4. The molecule has 0 radical (unpaired) electrons. The van der Waals surface area contributed by atoms with E-state index in [9.17, 15) is 23.4 Å². The first-order chi connectivity index (χ1) is 17.1. The molecule has 0 heterocycles. The number of carbonyl (C=O) groups is 1. The van der Waals surface area contributed by atoms with Gasteiger partial charge in [0.2, 0.25) is 10.0 Å². The average molecular weight is 515 g/mol. The van der Waals surface area contributed by atoms with E-state index in [0.29, 0.717) is 30.6 Å². The lowest BCUT2D eigenvalue weighted by Crippen LogP contribution is -2.47. The van der Waals surface area contributed by atoms with Gasteiger partial charge in [-0.15, -0.1) is 0 Å². The predicted molar refractivity (Wildman–Crippen MR) is 134 cm³/mol. The van der Waals surface area contributed by atoms with E-state index in [1.54, 1.807) is 18.2 Å². The van der Waals surface area contributed by atoms with Gasteiger partial charge >= 0.3 is 5.97 Å². The molecule has 5 rings (SSSR count). The second kappa shape index (κ2) is 9.45. The number of aryl methyl sites for hydroxylation is 1. The van der Waals surface area contributed by atoms with Crippen molar-refractivity contribution in [2.24, 2.45) is 22.4 Å². The fourth-order valence-corrected chi connectivity index (χ4v) is 7.55. The van der Waals surface area contributed by atoms with Crippen LogP contribution in [0.25, 0.3) is 0 Å². The van der Waals surface area contributed by atoms with E-state index in [1.165, 1.54) is 23.3 Å². The van der Waals surface area contributed by atoms with Crippen LogP contribution >= 0.6 is 0 Å². The summed E-state index contributed by atoms with van der Waals surface area (Å²) in [7, 11) is -3.74. The molecule has 3 aliphatic carbocycles. The van der Waals surface area contributed by atoms with Crippen molar-refractivity contribution in [3.63, 3.8) is 0 Å². The third-order valence-electron chi connectivity index (χ3n) is 8.75. The molecule has 2 fully saturated rings. The Bertz CT molecular complexity index is 1250. The highest BCUT2D eigenvalue weighted by Crippen LogP contribution is 2.61. The highest BCUT2D eigenvalue weighted by atomic mass is 32.2. The molecule has 3 aliphatic rings. The summed E-state index contributed by atoms with van der Waals surface area (Å²) < 4.78 is 28.6. The maximum absolute atomic E-state index is 12.7. The Labute approximate surface area is 211 Å². The third kappa shape index (κ3) is 4.65. The van der Waals surface area contributed by atoms with Crippen molar-refractivity contribution in [1.29, 1.82) is 0 Å². The molecule has 2 saturated carbocycles. The fraction of sp³-hybridized carbons (Fsp3) is 0.519. The number of aliphatic hydroxyl groups excluding tert-OH is 1. The van der Waals surface area contributed by atoms with Crippen molar-refractivity contribution in [3.05, 3.63) is 59.2 Å². The van der Waals surface area contributed by atoms with Gasteiger partial charge in [-0.25, -0.2) is 13.6 Å². The summed E-state index contributed by atoms with van der Waals surface area (Å²) in [6, 6.07) is 11.9. The number of sulfonamides is 1. The Morgan fingerprint density at radius 3 is 2.67 bits per heavy atom. The summed E-state index contributed by atoms with van der Waals surface area (Å²) >= 11 is 0. The maximum Gasteiger partial charge on any atom is 0.320 e. The zero-order valence-corrected chi connectivity index (χ0v) is 21.2. The zero-order chi connectivity index (χ0) is 25.7. The summed E-state index contributed by atoms with van der Waals surface area (Å²) in [4.78, 5) is 12.7. The van der Waals surface area contributed by atoms with Crippen molar-refractivity contribution in [3.8, 4) is 5.75 Å². The number of primary sulfonamides is 1. The van der Waals surface area contributed by atoms with E-state index < -0.39 is 28.2 Å². The maximum atomic E-state index is 12.7. The van der Waals surface area contributed by atoms with Crippen LogP contribution in [0.3, 0.4) is 0 Å². The number of carbonyl (C=O) groups excluding carboxylic acids is 1. The van der Waals surface area contributed by atoms with Gasteiger partial charge in [0.05, 0.1) is 17.5 Å². The number of hydrogen-bond acceptors (Lipinski definition) is 7. The van der Waals surface area contributed by atoms with Gasteiger partial charge in [0.25, 0.3) is 0 Å². The Morgan fingerprint density at radius 1 is 1.19 bits per heavy atom. The van der Waals surface area contributed by atoms with E-state index in [2.05, 4.69) is 18.3 Å². The Morgan fingerprint density at radius 2 is 1.94 bits per heavy atom. The molecule has 0 spiro atoms. The molecule has 194 valence electrons. The molecule has 6 unspecified atom stereocenters. The molecule has 36 heavy (non-hydrogen) atoms. The standard InChI is InChI=1S/C27H34N2O6S/c1-27-11-10-21-20-9-5-18(30)12-17(20)4-8-22(21)23(27)13-24(31)26(27)35-25(32)15-29-14-16-2-6-19(7-3-16)36(28,33)34/h2-3,5-7,9,12,21-24,26,29-31H,4,8,10-11,13-15H2,1H3,(H2,28,33,34). The summed E-state index contributed by atoms with van der Waals surface area (Å²) in [6.07, 6.45) is 3.19. The Hall–Kier alpha value is -2.46. The van der Waals surface area contributed by atoms with Gasteiger partial charge in [-0.2, -0.15) is 0 Å². The summed E-state index contributed by atoms with van der Waals surface area (Å²) in [5.74, 6) is 1.02. The Kier molecular flexibility index (Phi) is 6.61. The molecule has 5 N–H and O–H groups in total. The smallest absolute Gasteiger partial charge is 0.320 e. The van der Waals surface area contributed by atoms with Crippen LogP contribution in [-0.2, 0) is 32.5 Å². The lowest BCUT2D eigenvalue weighted by Gasteiger charge is -2.50. The molecule has 2 aromatic rings. The molecule has 8 nitrogen and oxygen atoms in total. The number of fused-ring (bicyclic) bond motifs is 5. The number of phenolic OH excluding ortho intramolecular Hbond substituents is 1. The summed E-state index contributed by atoms with van der Waals surface area (Å²) in [5.41, 5.74) is 3.09. The van der Waals surface area contributed by atoms with Crippen molar-refractivity contribution in [2.75, 3.05) is 6.54 Å². The summed E-state index contributed by atoms with van der Waals surface area (Å²) in [6.45, 7) is 2.52. The quantitative estimate of drug-likeness (QED) is 0.435. The largest absolute Gasteiger partial charge is 0.508 e. The lowest BCUT2D eigenvalue weighted by molar-refractivity contribution is -0.162. The minimum absolute atomic E-state index is 0.0101. The van der Waals surface area contributed by atoms with E-state index in [1.807, 2.05) is 6.07 Å². The fourth-order valence-electron chi connectivity index (χ4n) is 7.04. The molecular weight excluding hydrogens is 480 g/mol. The van der Waals surface area contributed by atoms with Crippen molar-refractivity contribution in [2.45, 2.75) is 68.6 Å². The molecule has 0 bridgehead atoms. The number of aliphatic hydroxyl groups is 1. The monoisotopic (exact) mass is 514 g/mol. The third-order valence-corrected chi connectivity index (χ3v) is 9.68. The molecule has 9 heteroatoms. The number of hydrogen-bond donors (Lipinski definition) is 4. The van der Waals surface area contributed by atoms with E-state index in [0.717, 1.165) is 31.2 Å². The number of phenols is 1. The first kappa shape index (κ1) is 25.2. The van der Waals surface area contributed by atoms with Gasteiger partial charge < -0.3 is 20.3 Å². The summed E-state index contributed by atoms with van der Waals surface area (Å²) in [5, 5.41) is 29.0. The minimum Gasteiger partial charge on any atom is -0.508 e. The highest BCUT2D eigenvalue weighted by Gasteiger charge is 2.59. The molecule has 2 aromatic carbocycles. The average Bonchev–Trinajstić information content (AvgIpc) is 3.08. The number of nitrogens with one attached hydrogen (secondary N) is 1. The van der Waals surface area contributed by atoms with Crippen LogP contribution in [0, 0.1) is 17.3 Å². The molecule has 0 amide bonds.